The molecule has 0 spiro atoms. The Balaban J connectivity index is 2.33. The second-order valence-corrected chi connectivity index (χ2v) is 3.92. The predicted octanol–water partition coefficient (Wildman–Crippen LogP) is 1.26. The SMILES string of the molecule is CO/N=C1/C[C@H]2CC[C@]1(C(=O)O)C2. The van der Waals surface area contributed by atoms with Gasteiger partial charge in [-0.25, -0.2) is 0 Å². The molecule has 4 heteroatoms. The van der Waals surface area contributed by atoms with Crippen LogP contribution in [0.1, 0.15) is 25.7 Å². The van der Waals surface area contributed by atoms with Crippen LogP contribution in [-0.4, -0.2) is 23.9 Å². The van der Waals surface area contributed by atoms with E-state index in [0.29, 0.717) is 5.92 Å². The first-order valence-electron chi connectivity index (χ1n) is 4.53. The second kappa shape index (κ2) is 2.72. The number of nitrogens with zero attached hydrogens (tertiary/aromatic N) is 1. The van der Waals surface area contributed by atoms with Crippen LogP contribution in [-0.2, 0) is 9.63 Å². The van der Waals surface area contributed by atoms with E-state index in [1.165, 1.54) is 7.11 Å². The number of hydrogen-bond acceptors (Lipinski definition) is 3. The number of carboxylic acids is 1. The zero-order valence-electron chi connectivity index (χ0n) is 7.62. The first kappa shape index (κ1) is 8.53. The van der Waals surface area contributed by atoms with Gasteiger partial charge in [-0.05, 0) is 31.6 Å². The minimum absolute atomic E-state index is 0.519. The molecule has 2 aliphatic rings. The lowest BCUT2D eigenvalue weighted by Crippen LogP contribution is -2.34. The molecular weight excluding hydrogens is 170 g/mol. The average molecular weight is 183 g/mol. The molecule has 0 radical (unpaired) electrons. The molecule has 72 valence electrons. The summed E-state index contributed by atoms with van der Waals surface area (Å²) >= 11 is 0. The van der Waals surface area contributed by atoms with Crippen LogP contribution in [0, 0.1) is 11.3 Å². The highest BCUT2D eigenvalue weighted by Gasteiger charge is 2.55. The fraction of sp³-hybridized carbons (Fsp3) is 0.778. The van der Waals surface area contributed by atoms with Gasteiger partial charge in [0, 0.05) is 0 Å². The molecule has 0 aliphatic heterocycles. The molecule has 0 unspecified atom stereocenters. The monoisotopic (exact) mass is 183 g/mol. The number of carboxylic acid groups (broad SMARTS) is 1. The van der Waals surface area contributed by atoms with Crippen molar-refractivity contribution in [3.05, 3.63) is 0 Å². The third-order valence-corrected chi connectivity index (χ3v) is 3.26. The zero-order chi connectivity index (χ0) is 9.47. The highest BCUT2D eigenvalue weighted by Crippen LogP contribution is 2.52. The fourth-order valence-corrected chi connectivity index (χ4v) is 2.61. The van der Waals surface area contributed by atoms with Gasteiger partial charge in [-0.3, -0.25) is 4.79 Å². The Kier molecular flexibility index (Phi) is 1.78. The normalized spacial score (nSPS) is 39.8. The topological polar surface area (TPSA) is 58.9 Å². The van der Waals surface area contributed by atoms with Gasteiger partial charge in [-0.1, -0.05) is 5.16 Å². The third kappa shape index (κ3) is 1.04. The maximum absolute atomic E-state index is 11.1. The Hall–Kier alpha value is -1.06. The molecule has 2 atom stereocenters. The summed E-state index contributed by atoms with van der Waals surface area (Å²) < 4.78 is 0. The van der Waals surface area contributed by atoms with Gasteiger partial charge in [-0.15, -0.1) is 0 Å². The molecule has 1 N–H and O–H groups in total. The Morgan fingerprint density at radius 1 is 1.77 bits per heavy atom. The summed E-state index contributed by atoms with van der Waals surface area (Å²) in [5.74, 6) is -0.215. The second-order valence-electron chi connectivity index (χ2n) is 3.92. The lowest BCUT2D eigenvalue weighted by atomic mass is 9.82. The Bertz CT molecular complexity index is 274. The van der Waals surface area contributed by atoms with Crippen molar-refractivity contribution in [2.75, 3.05) is 7.11 Å². The summed E-state index contributed by atoms with van der Waals surface area (Å²) in [6, 6.07) is 0. The maximum Gasteiger partial charge on any atom is 0.315 e. The predicted molar refractivity (Wildman–Crippen MR) is 46.5 cm³/mol. The van der Waals surface area contributed by atoms with Gasteiger partial charge >= 0.3 is 5.97 Å². The van der Waals surface area contributed by atoms with Crippen LogP contribution in [0.15, 0.2) is 5.16 Å². The van der Waals surface area contributed by atoms with Gasteiger partial charge in [0.05, 0.1) is 5.71 Å². The van der Waals surface area contributed by atoms with Crippen molar-refractivity contribution in [2.24, 2.45) is 16.5 Å². The van der Waals surface area contributed by atoms with E-state index < -0.39 is 11.4 Å². The lowest BCUT2D eigenvalue weighted by Gasteiger charge is -2.21. The largest absolute Gasteiger partial charge is 0.481 e. The summed E-state index contributed by atoms with van der Waals surface area (Å²) in [6.45, 7) is 0. The molecule has 2 fully saturated rings. The Morgan fingerprint density at radius 2 is 2.54 bits per heavy atom. The van der Waals surface area contributed by atoms with E-state index in [-0.39, 0.29) is 0 Å². The van der Waals surface area contributed by atoms with E-state index in [0.717, 1.165) is 31.4 Å². The lowest BCUT2D eigenvalue weighted by molar-refractivity contribution is -0.144. The molecule has 2 bridgehead atoms. The molecule has 2 rings (SSSR count). The van der Waals surface area contributed by atoms with Crippen molar-refractivity contribution in [3.63, 3.8) is 0 Å². The smallest absolute Gasteiger partial charge is 0.315 e. The fourth-order valence-electron chi connectivity index (χ4n) is 2.61. The molecule has 0 saturated heterocycles. The highest BCUT2D eigenvalue weighted by molar-refractivity contribution is 6.08. The minimum Gasteiger partial charge on any atom is -0.481 e. The number of carbonyl (C=O) groups is 1. The van der Waals surface area contributed by atoms with Crippen molar-refractivity contribution < 1.29 is 14.7 Å². The van der Waals surface area contributed by atoms with Crippen LogP contribution in [0.3, 0.4) is 0 Å². The number of hydrogen-bond donors (Lipinski definition) is 1. The molecule has 0 aromatic carbocycles. The van der Waals surface area contributed by atoms with Gasteiger partial charge in [0.1, 0.15) is 12.5 Å². The molecule has 4 nitrogen and oxygen atoms in total. The molecule has 13 heavy (non-hydrogen) atoms. The quantitative estimate of drug-likeness (QED) is 0.656. The van der Waals surface area contributed by atoms with Crippen LogP contribution in [0.5, 0.6) is 0 Å². The summed E-state index contributed by atoms with van der Waals surface area (Å²) in [5, 5.41) is 13.0. The van der Waals surface area contributed by atoms with E-state index >= 15 is 0 Å². The molecule has 0 aromatic heterocycles. The first-order chi connectivity index (χ1) is 6.19. The summed E-state index contributed by atoms with van der Waals surface area (Å²) in [5.41, 5.74) is 0.0551. The molecule has 2 aliphatic carbocycles. The standard InChI is InChI=1S/C9H13NO3/c1-13-10-7-4-6-2-3-9(7,5-6)8(11)12/h6H,2-5H2,1H3,(H,11,12)/b10-7-/t6-,9+/m1/s1. The molecular formula is C9H13NO3. The minimum atomic E-state index is -0.733. The molecule has 0 amide bonds. The van der Waals surface area contributed by atoms with Gasteiger partial charge in [0.25, 0.3) is 0 Å². The van der Waals surface area contributed by atoms with E-state index in [1.807, 2.05) is 0 Å². The zero-order valence-corrected chi connectivity index (χ0v) is 7.62. The van der Waals surface area contributed by atoms with Crippen LogP contribution in [0.25, 0.3) is 0 Å². The van der Waals surface area contributed by atoms with Gasteiger partial charge in [0.2, 0.25) is 0 Å². The highest BCUT2D eigenvalue weighted by atomic mass is 16.6. The van der Waals surface area contributed by atoms with E-state index in [1.54, 1.807) is 0 Å². The van der Waals surface area contributed by atoms with Crippen molar-refractivity contribution in [2.45, 2.75) is 25.7 Å². The van der Waals surface area contributed by atoms with Crippen molar-refractivity contribution in [3.8, 4) is 0 Å². The van der Waals surface area contributed by atoms with Gasteiger partial charge < -0.3 is 9.94 Å². The van der Waals surface area contributed by atoms with Crippen molar-refractivity contribution >= 4 is 11.7 Å². The van der Waals surface area contributed by atoms with Crippen LogP contribution in [0.4, 0.5) is 0 Å². The summed E-state index contributed by atoms with van der Waals surface area (Å²) in [6.07, 6.45) is 3.31. The third-order valence-electron chi connectivity index (χ3n) is 3.26. The van der Waals surface area contributed by atoms with Crippen molar-refractivity contribution in [1.82, 2.24) is 0 Å². The Labute approximate surface area is 76.6 Å². The Morgan fingerprint density at radius 3 is 3.08 bits per heavy atom. The molecule has 2 saturated carbocycles. The van der Waals surface area contributed by atoms with Gasteiger partial charge in [-0.2, -0.15) is 0 Å². The van der Waals surface area contributed by atoms with E-state index in [2.05, 4.69) is 9.99 Å². The molecule has 0 aromatic rings. The summed E-state index contributed by atoms with van der Waals surface area (Å²) in [4.78, 5) is 15.8. The van der Waals surface area contributed by atoms with Crippen LogP contribution >= 0.6 is 0 Å². The van der Waals surface area contributed by atoms with Crippen molar-refractivity contribution in [1.29, 1.82) is 0 Å². The van der Waals surface area contributed by atoms with Crippen LogP contribution < -0.4 is 0 Å². The first-order valence-corrected chi connectivity index (χ1v) is 4.53. The number of aliphatic carboxylic acids is 1. The molecule has 0 heterocycles. The van der Waals surface area contributed by atoms with E-state index in [4.69, 9.17) is 5.11 Å². The van der Waals surface area contributed by atoms with Gasteiger partial charge in [0.15, 0.2) is 0 Å². The van der Waals surface area contributed by atoms with Crippen LogP contribution in [0.2, 0.25) is 0 Å². The number of oxime groups is 1. The summed E-state index contributed by atoms with van der Waals surface area (Å²) in [7, 11) is 1.47. The number of fused-ring (bicyclic) bond motifs is 2. The van der Waals surface area contributed by atoms with E-state index in [9.17, 15) is 4.79 Å². The number of rotatable bonds is 2. The average Bonchev–Trinajstić information content (AvgIpc) is 2.62. The maximum atomic E-state index is 11.1.